The molecule has 0 fully saturated rings. The van der Waals surface area contributed by atoms with Gasteiger partial charge in [0.2, 0.25) is 0 Å². The molecule has 0 heterocycles. The smallest absolute Gasteiger partial charge is 0.262 e. The van der Waals surface area contributed by atoms with Crippen LogP contribution in [0.4, 0.5) is 18.9 Å². The van der Waals surface area contributed by atoms with Gasteiger partial charge in [0, 0.05) is 17.8 Å². The molecule has 3 nitrogen and oxygen atoms in total. The minimum Gasteiger partial charge on any atom is -0.507 e. The Morgan fingerprint density at radius 2 is 1.80 bits per heavy atom. The fourth-order valence-electron chi connectivity index (χ4n) is 1.74. The van der Waals surface area contributed by atoms with E-state index in [-0.39, 0.29) is 5.69 Å². The Balaban J connectivity index is 2.33. The summed E-state index contributed by atoms with van der Waals surface area (Å²) in [4.78, 5) is 11.9. The van der Waals surface area contributed by atoms with Gasteiger partial charge in [0.05, 0.1) is 0 Å². The average Bonchev–Trinajstić information content (AvgIpc) is 2.31. The maximum absolute atomic E-state index is 13.5. The molecule has 0 aromatic heterocycles. The topological polar surface area (TPSA) is 49.3 Å². The monoisotopic (exact) mass is 281 g/mol. The second-order valence-corrected chi connectivity index (χ2v) is 4.20. The van der Waals surface area contributed by atoms with Crippen molar-refractivity contribution in [3.8, 4) is 5.75 Å². The molecule has 0 radical (unpaired) electrons. The van der Waals surface area contributed by atoms with Crippen LogP contribution in [0.25, 0.3) is 0 Å². The van der Waals surface area contributed by atoms with Gasteiger partial charge in [-0.2, -0.15) is 0 Å². The number of hydrogen-bond acceptors (Lipinski definition) is 2. The van der Waals surface area contributed by atoms with E-state index in [1.807, 2.05) is 0 Å². The number of amides is 1. The van der Waals surface area contributed by atoms with Crippen LogP contribution in [-0.4, -0.2) is 11.0 Å². The van der Waals surface area contributed by atoms with Crippen LogP contribution < -0.4 is 5.32 Å². The number of carbonyl (C=O) groups is 1. The Morgan fingerprint density at radius 3 is 2.40 bits per heavy atom. The van der Waals surface area contributed by atoms with Crippen LogP contribution in [0.15, 0.2) is 30.3 Å². The summed E-state index contributed by atoms with van der Waals surface area (Å²) in [5.74, 6) is -4.40. The Labute approximate surface area is 112 Å². The summed E-state index contributed by atoms with van der Waals surface area (Å²) in [6.45, 7) is 1.56. The predicted molar refractivity (Wildman–Crippen MR) is 67.1 cm³/mol. The highest BCUT2D eigenvalue weighted by molar-refractivity contribution is 6.06. The lowest BCUT2D eigenvalue weighted by molar-refractivity contribution is 0.102. The van der Waals surface area contributed by atoms with Gasteiger partial charge in [-0.25, -0.2) is 13.2 Å². The summed E-state index contributed by atoms with van der Waals surface area (Å²) in [7, 11) is 0. The normalized spacial score (nSPS) is 10.4. The number of aryl methyl sites for hydroxylation is 1. The van der Waals surface area contributed by atoms with Gasteiger partial charge in [0.25, 0.3) is 5.91 Å². The third-order valence-corrected chi connectivity index (χ3v) is 2.70. The van der Waals surface area contributed by atoms with E-state index in [1.54, 1.807) is 6.92 Å². The average molecular weight is 281 g/mol. The first-order valence-electron chi connectivity index (χ1n) is 5.64. The number of halogens is 3. The molecule has 0 aliphatic rings. The van der Waals surface area contributed by atoms with E-state index < -0.39 is 34.7 Å². The summed E-state index contributed by atoms with van der Waals surface area (Å²) in [5, 5.41) is 11.8. The number of nitrogens with one attached hydrogen (secondary N) is 1. The highest BCUT2D eigenvalue weighted by Gasteiger charge is 2.19. The molecule has 6 heteroatoms. The number of phenols is 1. The van der Waals surface area contributed by atoms with E-state index in [1.165, 1.54) is 12.1 Å². The number of carbonyl (C=O) groups excluding carboxylic acids is 1. The van der Waals surface area contributed by atoms with Gasteiger partial charge in [-0.05, 0) is 30.7 Å². The number of rotatable bonds is 2. The van der Waals surface area contributed by atoms with E-state index in [0.29, 0.717) is 17.7 Å². The van der Waals surface area contributed by atoms with Crippen molar-refractivity contribution in [3.63, 3.8) is 0 Å². The number of phenolic OH excluding ortho intramolecular Hbond substituents is 1. The van der Waals surface area contributed by atoms with E-state index in [0.717, 1.165) is 6.07 Å². The molecule has 2 aromatic rings. The summed E-state index contributed by atoms with van der Waals surface area (Å²) < 4.78 is 39.3. The third-order valence-electron chi connectivity index (χ3n) is 2.70. The lowest BCUT2D eigenvalue weighted by Crippen LogP contribution is -2.15. The first kappa shape index (κ1) is 13.9. The molecule has 0 saturated carbocycles. The van der Waals surface area contributed by atoms with Crippen LogP contribution in [0.3, 0.4) is 0 Å². The van der Waals surface area contributed by atoms with Crippen molar-refractivity contribution in [1.82, 2.24) is 0 Å². The maximum atomic E-state index is 13.5. The van der Waals surface area contributed by atoms with Crippen molar-refractivity contribution in [2.75, 3.05) is 5.32 Å². The van der Waals surface area contributed by atoms with Crippen LogP contribution >= 0.6 is 0 Å². The summed E-state index contributed by atoms with van der Waals surface area (Å²) >= 11 is 0. The van der Waals surface area contributed by atoms with E-state index >= 15 is 0 Å². The molecule has 0 saturated heterocycles. The summed E-state index contributed by atoms with van der Waals surface area (Å²) in [6, 6.07) is 4.75. The zero-order chi connectivity index (χ0) is 14.9. The van der Waals surface area contributed by atoms with Crippen LogP contribution in [-0.2, 0) is 0 Å². The van der Waals surface area contributed by atoms with Gasteiger partial charge in [-0.15, -0.1) is 0 Å². The van der Waals surface area contributed by atoms with Crippen LogP contribution in [0.5, 0.6) is 5.75 Å². The van der Waals surface area contributed by atoms with E-state index in [4.69, 9.17) is 0 Å². The molecule has 0 bridgehead atoms. The number of hydrogen-bond donors (Lipinski definition) is 2. The highest BCUT2D eigenvalue weighted by atomic mass is 19.1. The quantitative estimate of drug-likeness (QED) is 0.886. The Morgan fingerprint density at radius 1 is 1.10 bits per heavy atom. The zero-order valence-corrected chi connectivity index (χ0v) is 10.4. The first-order valence-corrected chi connectivity index (χ1v) is 5.64. The first-order chi connectivity index (χ1) is 9.38. The molecular formula is C14H10F3NO2. The van der Waals surface area contributed by atoms with Crippen molar-refractivity contribution >= 4 is 11.6 Å². The molecule has 0 aliphatic carbocycles. The minimum atomic E-state index is -1.18. The number of aromatic hydroxyl groups is 1. The molecule has 0 spiro atoms. The Hall–Kier alpha value is -2.50. The van der Waals surface area contributed by atoms with Crippen molar-refractivity contribution in [3.05, 3.63) is 58.9 Å². The highest BCUT2D eigenvalue weighted by Crippen LogP contribution is 2.24. The van der Waals surface area contributed by atoms with Gasteiger partial charge < -0.3 is 10.4 Å². The number of benzene rings is 2. The summed E-state index contributed by atoms with van der Waals surface area (Å²) in [5.41, 5.74) is 0.0232. The molecule has 2 aromatic carbocycles. The van der Waals surface area contributed by atoms with Crippen molar-refractivity contribution in [2.24, 2.45) is 0 Å². The Kier molecular flexibility index (Phi) is 3.65. The molecule has 20 heavy (non-hydrogen) atoms. The Bertz CT molecular complexity index is 663. The van der Waals surface area contributed by atoms with E-state index in [9.17, 15) is 23.1 Å². The third kappa shape index (κ3) is 2.74. The molecule has 2 rings (SSSR count). The molecule has 1 amide bonds. The van der Waals surface area contributed by atoms with Crippen LogP contribution in [0, 0.1) is 24.4 Å². The molecule has 2 N–H and O–H groups in total. The lowest BCUT2D eigenvalue weighted by Gasteiger charge is -2.10. The van der Waals surface area contributed by atoms with Crippen LogP contribution in [0.2, 0.25) is 0 Å². The van der Waals surface area contributed by atoms with Gasteiger partial charge in [-0.3, -0.25) is 4.79 Å². The lowest BCUT2D eigenvalue weighted by atomic mass is 10.1. The number of anilines is 1. The van der Waals surface area contributed by atoms with E-state index in [2.05, 4.69) is 5.32 Å². The standard InChI is InChI=1S/C14H10F3NO2/c1-7-4-8(15)2-3-11(7)18-14(20)13-10(17)5-9(16)6-12(13)19/h2-6,19H,1H3,(H,18,20). The second-order valence-electron chi connectivity index (χ2n) is 4.20. The minimum absolute atomic E-state index is 0.263. The fourth-order valence-corrected chi connectivity index (χ4v) is 1.74. The van der Waals surface area contributed by atoms with Crippen molar-refractivity contribution < 1.29 is 23.1 Å². The molecule has 104 valence electrons. The predicted octanol–water partition coefficient (Wildman–Crippen LogP) is 3.37. The van der Waals surface area contributed by atoms with Crippen LogP contribution in [0.1, 0.15) is 15.9 Å². The second kappa shape index (κ2) is 5.24. The van der Waals surface area contributed by atoms with Gasteiger partial charge in [0.15, 0.2) is 0 Å². The molecular weight excluding hydrogens is 271 g/mol. The van der Waals surface area contributed by atoms with Gasteiger partial charge >= 0.3 is 0 Å². The molecule has 0 unspecified atom stereocenters. The van der Waals surface area contributed by atoms with Crippen molar-refractivity contribution in [2.45, 2.75) is 6.92 Å². The molecule has 0 atom stereocenters. The van der Waals surface area contributed by atoms with Gasteiger partial charge in [0.1, 0.15) is 28.8 Å². The zero-order valence-electron chi connectivity index (χ0n) is 10.4. The SMILES string of the molecule is Cc1cc(F)ccc1NC(=O)c1c(O)cc(F)cc1F. The largest absolute Gasteiger partial charge is 0.507 e. The molecule has 0 aliphatic heterocycles. The van der Waals surface area contributed by atoms with Gasteiger partial charge in [-0.1, -0.05) is 0 Å². The summed E-state index contributed by atoms with van der Waals surface area (Å²) in [6.07, 6.45) is 0. The van der Waals surface area contributed by atoms with Crippen molar-refractivity contribution in [1.29, 1.82) is 0 Å². The fraction of sp³-hybridized carbons (Fsp3) is 0.0714. The maximum Gasteiger partial charge on any atom is 0.262 e.